The number of carbonyl (C=O) groups excluding carboxylic acids is 1. The first-order valence-electron chi connectivity index (χ1n) is 5.68. The first kappa shape index (κ1) is 12.5. The van der Waals surface area contributed by atoms with Gasteiger partial charge in [0.1, 0.15) is 5.41 Å². The topological polar surface area (TPSA) is 40.9 Å². The van der Waals surface area contributed by atoms with E-state index >= 15 is 0 Å². The first-order valence-corrected chi connectivity index (χ1v) is 6.62. The predicted octanol–water partition coefficient (Wildman–Crippen LogP) is 3.34. The van der Waals surface area contributed by atoms with Crippen LogP contribution in [-0.4, -0.2) is 5.78 Å². The van der Waals surface area contributed by atoms with E-state index in [-0.39, 0.29) is 5.78 Å². The molecule has 2 nitrogen and oxygen atoms in total. The second-order valence-corrected chi connectivity index (χ2v) is 5.03. The minimum atomic E-state index is -1.07. The van der Waals surface area contributed by atoms with Gasteiger partial charge >= 0.3 is 0 Å². The van der Waals surface area contributed by atoms with Gasteiger partial charge in [0.15, 0.2) is 5.78 Å². The number of thiophene rings is 1. The van der Waals surface area contributed by atoms with Crippen molar-refractivity contribution in [3.63, 3.8) is 0 Å². The summed E-state index contributed by atoms with van der Waals surface area (Å²) < 4.78 is 0. The van der Waals surface area contributed by atoms with Crippen molar-refractivity contribution in [2.75, 3.05) is 0 Å². The van der Waals surface area contributed by atoms with Crippen LogP contribution in [0.5, 0.6) is 0 Å². The monoisotopic (exact) mass is 255 g/mol. The van der Waals surface area contributed by atoms with E-state index in [0.717, 1.165) is 11.1 Å². The van der Waals surface area contributed by atoms with Crippen LogP contribution < -0.4 is 0 Å². The molecule has 90 valence electrons. The van der Waals surface area contributed by atoms with Crippen LogP contribution in [0.4, 0.5) is 0 Å². The Morgan fingerprint density at radius 3 is 2.56 bits per heavy atom. The van der Waals surface area contributed by atoms with E-state index in [1.807, 2.05) is 47.2 Å². The van der Waals surface area contributed by atoms with Crippen molar-refractivity contribution in [1.29, 1.82) is 5.26 Å². The minimum absolute atomic E-state index is 0.109. The lowest BCUT2D eigenvalue weighted by Crippen LogP contribution is -2.34. The van der Waals surface area contributed by atoms with Crippen LogP contribution in [0.25, 0.3) is 0 Å². The molecule has 0 aliphatic carbocycles. The zero-order chi connectivity index (χ0) is 13.0. The van der Waals surface area contributed by atoms with Crippen LogP contribution in [0.3, 0.4) is 0 Å². The molecule has 1 unspecified atom stereocenters. The number of hydrogen-bond donors (Lipinski definition) is 0. The predicted molar refractivity (Wildman–Crippen MR) is 72.4 cm³/mol. The van der Waals surface area contributed by atoms with Crippen LogP contribution >= 0.6 is 11.3 Å². The largest absolute Gasteiger partial charge is 0.298 e. The Morgan fingerprint density at radius 2 is 2.06 bits per heavy atom. The van der Waals surface area contributed by atoms with Gasteiger partial charge in [-0.25, -0.2) is 0 Å². The summed E-state index contributed by atoms with van der Waals surface area (Å²) in [5, 5.41) is 13.5. The van der Waals surface area contributed by atoms with Gasteiger partial charge in [0, 0.05) is 6.42 Å². The Labute approximate surface area is 111 Å². The van der Waals surface area contributed by atoms with Gasteiger partial charge in [-0.15, -0.1) is 0 Å². The molecule has 1 atom stereocenters. The van der Waals surface area contributed by atoms with E-state index < -0.39 is 5.41 Å². The van der Waals surface area contributed by atoms with Crippen molar-refractivity contribution in [1.82, 2.24) is 0 Å². The number of ketones is 1. The van der Waals surface area contributed by atoms with E-state index in [0.29, 0.717) is 6.42 Å². The first-order chi connectivity index (χ1) is 8.69. The highest BCUT2D eigenvalue weighted by atomic mass is 32.1. The third-order valence-corrected chi connectivity index (χ3v) is 3.84. The second kappa shape index (κ2) is 5.16. The zero-order valence-corrected chi connectivity index (χ0v) is 10.9. The van der Waals surface area contributed by atoms with Crippen LogP contribution in [0.15, 0.2) is 47.2 Å². The SMILES string of the molecule is CC(=O)C(C#N)(Cc1ccsc1)c1ccccc1. The molecule has 1 aromatic heterocycles. The van der Waals surface area contributed by atoms with Gasteiger partial charge in [-0.1, -0.05) is 30.3 Å². The number of rotatable bonds is 4. The van der Waals surface area contributed by atoms with E-state index in [1.54, 1.807) is 11.3 Å². The molecule has 0 aliphatic heterocycles. The van der Waals surface area contributed by atoms with Gasteiger partial charge in [0.05, 0.1) is 6.07 Å². The van der Waals surface area contributed by atoms with Crippen molar-refractivity contribution >= 4 is 17.1 Å². The quantitative estimate of drug-likeness (QED) is 0.840. The van der Waals surface area contributed by atoms with Crippen molar-refractivity contribution in [3.05, 3.63) is 58.3 Å². The van der Waals surface area contributed by atoms with E-state index in [4.69, 9.17) is 0 Å². The fourth-order valence-corrected chi connectivity index (χ4v) is 2.70. The van der Waals surface area contributed by atoms with Gasteiger partial charge in [-0.2, -0.15) is 16.6 Å². The average Bonchev–Trinajstić information content (AvgIpc) is 2.89. The molecule has 0 N–H and O–H groups in total. The Morgan fingerprint density at radius 1 is 1.33 bits per heavy atom. The van der Waals surface area contributed by atoms with Gasteiger partial charge in [0.25, 0.3) is 0 Å². The average molecular weight is 255 g/mol. The number of Topliss-reactive ketones (excluding diaryl/α,β-unsaturated/α-hetero) is 1. The molecule has 1 aromatic carbocycles. The minimum Gasteiger partial charge on any atom is -0.298 e. The molecular weight excluding hydrogens is 242 g/mol. The molecule has 0 saturated carbocycles. The molecular formula is C15H13NOS. The standard InChI is InChI=1S/C15H13NOS/c1-12(17)15(11-16,9-13-7-8-18-10-13)14-5-3-2-4-6-14/h2-8,10H,9H2,1H3. The number of hydrogen-bond acceptors (Lipinski definition) is 3. The van der Waals surface area contributed by atoms with Gasteiger partial charge in [-0.05, 0) is 34.9 Å². The van der Waals surface area contributed by atoms with Crippen LogP contribution in [-0.2, 0) is 16.6 Å². The molecule has 0 spiro atoms. The summed E-state index contributed by atoms with van der Waals surface area (Å²) >= 11 is 1.58. The fraction of sp³-hybridized carbons (Fsp3) is 0.200. The molecule has 0 aliphatic rings. The Kier molecular flexibility index (Phi) is 3.59. The summed E-state index contributed by atoms with van der Waals surface area (Å²) in [6.07, 6.45) is 0.437. The molecule has 0 saturated heterocycles. The molecule has 1 heterocycles. The molecule has 2 rings (SSSR count). The molecule has 2 aromatic rings. The summed E-state index contributed by atoms with van der Waals surface area (Å²) in [5.41, 5.74) is 0.731. The summed E-state index contributed by atoms with van der Waals surface area (Å²) in [6, 6.07) is 13.5. The number of nitriles is 1. The molecule has 3 heteroatoms. The van der Waals surface area contributed by atoms with Crippen LogP contribution in [0.2, 0.25) is 0 Å². The third-order valence-electron chi connectivity index (χ3n) is 3.11. The molecule has 18 heavy (non-hydrogen) atoms. The molecule has 0 bridgehead atoms. The number of carbonyl (C=O) groups is 1. The lowest BCUT2D eigenvalue weighted by Gasteiger charge is -2.23. The Hall–Kier alpha value is -1.92. The van der Waals surface area contributed by atoms with E-state index in [1.165, 1.54) is 6.92 Å². The van der Waals surface area contributed by atoms with Gasteiger partial charge < -0.3 is 0 Å². The molecule has 0 fully saturated rings. The zero-order valence-electron chi connectivity index (χ0n) is 10.1. The summed E-state index contributed by atoms with van der Waals surface area (Å²) in [4.78, 5) is 12.0. The van der Waals surface area contributed by atoms with Crippen molar-refractivity contribution in [3.8, 4) is 6.07 Å². The highest BCUT2D eigenvalue weighted by Crippen LogP contribution is 2.29. The lowest BCUT2D eigenvalue weighted by molar-refractivity contribution is -0.120. The number of benzene rings is 1. The number of nitrogens with zero attached hydrogens (tertiary/aromatic N) is 1. The highest BCUT2D eigenvalue weighted by Gasteiger charge is 2.37. The smallest absolute Gasteiger partial charge is 0.154 e. The maximum absolute atomic E-state index is 12.0. The maximum Gasteiger partial charge on any atom is 0.154 e. The maximum atomic E-state index is 12.0. The van der Waals surface area contributed by atoms with Crippen molar-refractivity contribution in [2.45, 2.75) is 18.8 Å². The van der Waals surface area contributed by atoms with Crippen molar-refractivity contribution < 1.29 is 4.79 Å². The Balaban J connectivity index is 2.48. The summed E-state index contributed by atoms with van der Waals surface area (Å²) in [7, 11) is 0. The molecule has 0 amide bonds. The third kappa shape index (κ3) is 2.20. The van der Waals surface area contributed by atoms with Crippen molar-refractivity contribution in [2.24, 2.45) is 0 Å². The van der Waals surface area contributed by atoms with E-state index in [9.17, 15) is 10.1 Å². The summed E-state index contributed by atoms with van der Waals surface area (Å²) in [6.45, 7) is 1.49. The summed E-state index contributed by atoms with van der Waals surface area (Å²) in [5.74, 6) is -0.109. The molecule has 0 radical (unpaired) electrons. The van der Waals surface area contributed by atoms with Crippen LogP contribution in [0, 0.1) is 11.3 Å². The Bertz CT molecular complexity index is 568. The second-order valence-electron chi connectivity index (χ2n) is 4.25. The lowest BCUT2D eigenvalue weighted by atomic mass is 9.74. The van der Waals surface area contributed by atoms with Gasteiger partial charge in [-0.3, -0.25) is 4.79 Å². The highest BCUT2D eigenvalue weighted by molar-refractivity contribution is 7.07. The van der Waals surface area contributed by atoms with Crippen LogP contribution in [0.1, 0.15) is 18.1 Å². The fourth-order valence-electron chi connectivity index (χ4n) is 2.03. The van der Waals surface area contributed by atoms with Gasteiger partial charge in [0.2, 0.25) is 0 Å². The van der Waals surface area contributed by atoms with E-state index in [2.05, 4.69) is 6.07 Å². The normalized spacial score (nSPS) is 13.6.